The molecule has 0 aliphatic heterocycles. The molecule has 3 aromatic heterocycles. The quantitative estimate of drug-likeness (QED) is 0.204. The minimum atomic E-state index is -4.28. The molecule has 0 radical (unpaired) electrons. The summed E-state index contributed by atoms with van der Waals surface area (Å²) in [6.45, 7) is 6.92. The van der Waals surface area contributed by atoms with E-state index in [1.54, 1.807) is 39.8 Å². The molecule has 15 nitrogen and oxygen atoms in total. The van der Waals surface area contributed by atoms with Crippen LogP contribution in [0.4, 0.5) is 5.69 Å². The normalized spacial score (nSPS) is 12.3. The van der Waals surface area contributed by atoms with Crippen molar-refractivity contribution in [3.05, 3.63) is 70.3 Å². The summed E-state index contributed by atoms with van der Waals surface area (Å²) < 4.78 is 53.2. The summed E-state index contributed by atoms with van der Waals surface area (Å²) in [7, 11) is -4.40. The zero-order valence-corrected chi connectivity index (χ0v) is 23.8. The lowest BCUT2D eigenvalue weighted by molar-refractivity contribution is -0.613. The van der Waals surface area contributed by atoms with Crippen molar-refractivity contribution in [3.63, 3.8) is 0 Å². The molecule has 0 unspecified atom stereocenters. The van der Waals surface area contributed by atoms with Crippen LogP contribution in [-0.4, -0.2) is 56.1 Å². The van der Waals surface area contributed by atoms with Crippen molar-refractivity contribution in [2.24, 2.45) is 9.54 Å². The Morgan fingerprint density at radius 1 is 0.923 bits per heavy atom. The molecule has 17 heteroatoms. The Morgan fingerprint density at radius 2 is 1.36 bits per heavy atom. The molecule has 0 atom stereocenters. The summed E-state index contributed by atoms with van der Waals surface area (Å²) in [6, 6.07) is 1.91. The number of sulfonamides is 2. The van der Waals surface area contributed by atoms with Crippen LogP contribution in [0.25, 0.3) is 0 Å². The fourth-order valence-corrected chi connectivity index (χ4v) is 4.19. The number of aromatic nitrogens is 5. The van der Waals surface area contributed by atoms with Crippen molar-refractivity contribution in [2.45, 2.75) is 49.6 Å². The van der Waals surface area contributed by atoms with Gasteiger partial charge < -0.3 is 10.0 Å². The molecular formula is C22H30N8O7S2. The molecule has 212 valence electrons. The van der Waals surface area contributed by atoms with E-state index >= 15 is 0 Å². The molecule has 3 rings (SSSR count). The third-order valence-electron chi connectivity index (χ3n) is 5.07. The third-order valence-corrected chi connectivity index (χ3v) is 7.14. The van der Waals surface area contributed by atoms with Gasteiger partial charge in [-0.25, -0.2) is 37.7 Å². The first-order chi connectivity index (χ1) is 17.9. The van der Waals surface area contributed by atoms with Gasteiger partial charge in [0, 0.05) is 60.8 Å². The van der Waals surface area contributed by atoms with E-state index in [1.807, 2.05) is 19.0 Å². The van der Waals surface area contributed by atoms with Crippen molar-refractivity contribution < 1.29 is 26.5 Å². The number of hydrogen-bond acceptors (Lipinski definition) is 10. The Hall–Kier alpha value is -3.96. The molecule has 0 spiro atoms. The zero-order valence-electron chi connectivity index (χ0n) is 22.2. The highest BCUT2D eigenvalue weighted by molar-refractivity contribution is 7.90. The zero-order chi connectivity index (χ0) is 29.7. The Labute approximate surface area is 225 Å². The van der Waals surface area contributed by atoms with Crippen molar-refractivity contribution in [3.8, 4) is 0 Å². The lowest BCUT2D eigenvalue weighted by Crippen LogP contribution is -2.51. The van der Waals surface area contributed by atoms with Crippen LogP contribution >= 0.6 is 0 Å². The summed E-state index contributed by atoms with van der Waals surface area (Å²) in [5.74, 6) is 0. The lowest BCUT2D eigenvalue weighted by Gasteiger charge is -2.12. The first-order valence-electron chi connectivity index (χ1n) is 11.3. The predicted octanol–water partition coefficient (Wildman–Crippen LogP) is -1.40. The molecule has 0 bridgehead atoms. The van der Waals surface area contributed by atoms with Crippen LogP contribution in [0.5, 0.6) is 0 Å². The van der Waals surface area contributed by atoms with E-state index in [4.69, 9.17) is 5.14 Å². The highest BCUT2D eigenvalue weighted by Crippen LogP contribution is 2.11. The highest BCUT2D eigenvalue weighted by atomic mass is 32.2. The van der Waals surface area contributed by atoms with Gasteiger partial charge in [0.1, 0.15) is 9.79 Å². The van der Waals surface area contributed by atoms with Crippen LogP contribution in [0.3, 0.4) is 0 Å². The predicted molar refractivity (Wildman–Crippen MR) is 140 cm³/mol. The highest BCUT2D eigenvalue weighted by Gasteiger charge is 2.22. The van der Waals surface area contributed by atoms with E-state index in [0.717, 1.165) is 33.4 Å². The van der Waals surface area contributed by atoms with Gasteiger partial charge in [-0.15, -0.1) is 0 Å². The second-order valence-electron chi connectivity index (χ2n) is 8.90. The van der Waals surface area contributed by atoms with Gasteiger partial charge in [0.2, 0.25) is 10.0 Å². The SMILES string of the molecule is CC(C)n1cc(S(=O)(=O)N=C([O-])[n+]2ccc(N(C)C)cc2)cnc1=O.CC(C)n1cc(S(N)(=O)=O)cnc1=O. The van der Waals surface area contributed by atoms with Gasteiger partial charge >= 0.3 is 21.4 Å². The van der Waals surface area contributed by atoms with Crippen molar-refractivity contribution in [1.82, 2.24) is 19.1 Å². The third kappa shape index (κ3) is 8.26. The maximum atomic E-state index is 12.3. The van der Waals surface area contributed by atoms with E-state index in [9.17, 15) is 31.5 Å². The Balaban J connectivity index is 0.000000322. The molecule has 0 saturated heterocycles. The van der Waals surface area contributed by atoms with Gasteiger partial charge in [-0.1, -0.05) is 0 Å². The van der Waals surface area contributed by atoms with E-state index in [0.29, 0.717) is 0 Å². The van der Waals surface area contributed by atoms with Gasteiger partial charge in [-0.05, 0) is 27.7 Å². The molecule has 0 aliphatic carbocycles. The summed E-state index contributed by atoms with van der Waals surface area (Å²) in [6.07, 6.45) is 7.01. The van der Waals surface area contributed by atoms with Crippen LogP contribution < -0.4 is 31.1 Å². The topological polar surface area (TPSA) is 207 Å². The number of anilines is 1. The molecule has 0 saturated carbocycles. The number of nitrogens with zero attached hydrogens (tertiary/aromatic N) is 7. The van der Waals surface area contributed by atoms with E-state index in [2.05, 4.69) is 14.4 Å². The van der Waals surface area contributed by atoms with Crippen molar-refractivity contribution in [2.75, 3.05) is 19.0 Å². The average Bonchev–Trinajstić information content (AvgIpc) is 2.83. The Bertz CT molecular complexity index is 1680. The summed E-state index contributed by atoms with van der Waals surface area (Å²) in [4.78, 5) is 31.1. The van der Waals surface area contributed by atoms with Crippen molar-refractivity contribution in [1.29, 1.82) is 0 Å². The van der Waals surface area contributed by atoms with Gasteiger partial charge in [0.15, 0.2) is 0 Å². The summed E-state index contributed by atoms with van der Waals surface area (Å²) in [5, 5.41) is 17.0. The first-order valence-corrected chi connectivity index (χ1v) is 14.3. The molecule has 0 fully saturated rings. The maximum absolute atomic E-state index is 12.3. The molecule has 3 aromatic rings. The fraction of sp³-hybridized carbons (Fsp3) is 0.364. The molecule has 0 aromatic carbocycles. The molecule has 2 N–H and O–H groups in total. The standard InChI is InChI=1S/C15H19N5O4S.C7H11N3O3S/c1-11(2)20-10-13(9-16-14(20)21)25(23,24)17-15(22)19-7-5-12(6-8-19)18(3)4;1-5(2)10-4-6(14(8,12)13)3-9-7(10)11/h5-11H,1-4H3;3-5H,1-2H3,(H2,8,12,13). The molecule has 0 amide bonds. The molecule has 3 heterocycles. The second-order valence-corrected chi connectivity index (χ2v) is 12.1. The minimum absolute atomic E-state index is 0.156. The summed E-state index contributed by atoms with van der Waals surface area (Å²) >= 11 is 0. The van der Waals surface area contributed by atoms with Crippen LogP contribution in [0.1, 0.15) is 39.8 Å². The van der Waals surface area contributed by atoms with Crippen LogP contribution in [0.15, 0.2) is 73.1 Å². The van der Waals surface area contributed by atoms with Gasteiger partial charge in [0.25, 0.3) is 6.02 Å². The van der Waals surface area contributed by atoms with E-state index in [1.165, 1.54) is 23.2 Å². The van der Waals surface area contributed by atoms with Crippen molar-refractivity contribution >= 4 is 31.8 Å². The molecular weight excluding hydrogens is 552 g/mol. The number of primary sulfonamides is 1. The van der Waals surface area contributed by atoms with Crippen LogP contribution in [0, 0.1) is 0 Å². The Morgan fingerprint density at radius 3 is 1.77 bits per heavy atom. The monoisotopic (exact) mass is 582 g/mol. The first kappa shape index (κ1) is 31.3. The van der Waals surface area contributed by atoms with E-state index in [-0.39, 0.29) is 21.9 Å². The van der Waals surface area contributed by atoms with E-state index < -0.39 is 37.4 Å². The average molecular weight is 583 g/mol. The van der Waals surface area contributed by atoms with Gasteiger partial charge in [-0.2, -0.15) is 8.42 Å². The smallest absolute Gasteiger partial charge is 0.372 e. The lowest BCUT2D eigenvalue weighted by atomic mass is 10.4. The number of rotatable bonds is 6. The Kier molecular flexibility index (Phi) is 9.83. The van der Waals surface area contributed by atoms with Crippen LogP contribution in [0.2, 0.25) is 0 Å². The largest absolute Gasteiger partial charge is 0.806 e. The minimum Gasteiger partial charge on any atom is -0.806 e. The number of pyridine rings is 1. The van der Waals surface area contributed by atoms with Gasteiger partial charge in [-0.3, -0.25) is 9.13 Å². The fourth-order valence-electron chi connectivity index (χ4n) is 2.89. The maximum Gasteiger partial charge on any atom is 0.372 e. The number of nitrogens with two attached hydrogens (primary N) is 1. The molecule has 0 aliphatic rings. The molecule has 39 heavy (non-hydrogen) atoms. The van der Waals surface area contributed by atoms with Crippen LogP contribution in [-0.2, 0) is 20.0 Å². The number of hydrogen-bond donors (Lipinski definition) is 1. The summed E-state index contributed by atoms with van der Waals surface area (Å²) in [5.41, 5.74) is -0.221. The second kappa shape index (κ2) is 12.3. The van der Waals surface area contributed by atoms with Gasteiger partial charge in [0.05, 0.1) is 24.8 Å².